The van der Waals surface area contributed by atoms with Crippen LogP contribution in [0.1, 0.15) is 78.2 Å². The fourth-order valence-electron chi connectivity index (χ4n) is 7.15. The van der Waals surface area contributed by atoms with Gasteiger partial charge in [-0.3, -0.25) is 9.59 Å². The molecule has 1 aromatic heterocycles. The van der Waals surface area contributed by atoms with E-state index < -0.39 is 53.2 Å². The van der Waals surface area contributed by atoms with E-state index >= 15 is 0 Å². The minimum absolute atomic E-state index is 0.00553. The monoisotopic (exact) mass is 726 g/mol. The molecule has 3 unspecified atom stereocenters. The molecule has 5 atom stereocenters. The first kappa shape index (κ1) is 37.6. The van der Waals surface area contributed by atoms with Crippen molar-refractivity contribution in [3.8, 4) is 5.88 Å². The predicted molar refractivity (Wildman–Crippen MR) is 199 cm³/mol. The zero-order chi connectivity index (χ0) is 37.8. The van der Waals surface area contributed by atoms with Crippen LogP contribution in [0.5, 0.6) is 5.88 Å². The van der Waals surface area contributed by atoms with Crippen molar-refractivity contribution in [2.45, 2.75) is 109 Å². The van der Waals surface area contributed by atoms with Gasteiger partial charge in [-0.05, 0) is 71.1 Å². The van der Waals surface area contributed by atoms with Crippen molar-refractivity contribution in [1.82, 2.24) is 25.5 Å². The first-order chi connectivity index (χ1) is 25.4. The standard InChI is InChI=1S/C40H50N6O7/c1-5-45(24-26-16-10-9-11-17-26)33-35(42-30-20-15-14-19-29(30)41-33)52-28-22-32-34(47)44-40(37(49)50)23-27(40)18-12-7-6-8-13-21-31(36(48)46(32)25-28)43-38(51)53-39(2,3)4/h9-12,14-20,27-28,31-32H,5-8,13,21-25H2,1-4H3,(H,43,51)(H,44,47)(H,49,50)/b18-12-/t27?,28-,31+,32?,40?/m1/s1. The number of rotatable bonds is 8. The van der Waals surface area contributed by atoms with E-state index in [0.717, 1.165) is 24.8 Å². The highest BCUT2D eigenvalue weighted by Crippen LogP contribution is 2.45. The molecular weight excluding hydrogens is 676 g/mol. The highest BCUT2D eigenvalue weighted by Gasteiger charge is 2.61. The van der Waals surface area contributed by atoms with Gasteiger partial charge in [0.15, 0.2) is 5.82 Å². The Labute approximate surface area is 310 Å². The number of amides is 3. The maximum Gasteiger partial charge on any atom is 0.408 e. The highest BCUT2D eigenvalue weighted by molar-refractivity contribution is 5.96. The summed E-state index contributed by atoms with van der Waals surface area (Å²) in [6, 6.07) is 15.5. The van der Waals surface area contributed by atoms with Crippen LogP contribution < -0.4 is 20.3 Å². The lowest BCUT2D eigenvalue weighted by Gasteiger charge is -2.30. The molecule has 0 bridgehead atoms. The van der Waals surface area contributed by atoms with Gasteiger partial charge in [-0.2, -0.15) is 0 Å². The van der Waals surface area contributed by atoms with E-state index in [9.17, 15) is 24.3 Å². The Bertz CT molecular complexity index is 1850. The number of carbonyl (C=O) groups is 4. The number of anilines is 1. The molecule has 282 valence electrons. The van der Waals surface area contributed by atoms with Crippen LogP contribution in [-0.2, 0) is 25.7 Å². The van der Waals surface area contributed by atoms with Gasteiger partial charge >= 0.3 is 12.1 Å². The molecule has 0 spiro atoms. The number of fused-ring (bicyclic) bond motifs is 3. The third-order valence-electron chi connectivity index (χ3n) is 10.0. The van der Waals surface area contributed by atoms with Crippen LogP contribution in [0.3, 0.4) is 0 Å². The molecule has 6 rings (SSSR count). The number of para-hydroxylation sites is 2. The van der Waals surface area contributed by atoms with Crippen molar-refractivity contribution >= 4 is 40.7 Å². The van der Waals surface area contributed by atoms with Crippen molar-refractivity contribution in [2.24, 2.45) is 5.92 Å². The van der Waals surface area contributed by atoms with Gasteiger partial charge in [-0.15, -0.1) is 0 Å². The lowest BCUT2D eigenvalue weighted by Crippen LogP contribution is -2.56. The average molecular weight is 727 g/mol. The number of hydrogen-bond donors (Lipinski definition) is 3. The molecule has 13 heteroatoms. The molecule has 1 saturated carbocycles. The van der Waals surface area contributed by atoms with Crippen LogP contribution in [0.2, 0.25) is 0 Å². The fraction of sp³-hybridized carbons (Fsp3) is 0.500. The third kappa shape index (κ3) is 8.89. The van der Waals surface area contributed by atoms with Gasteiger partial charge in [0, 0.05) is 25.4 Å². The second-order valence-electron chi connectivity index (χ2n) is 15.2. The second kappa shape index (κ2) is 15.8. The van der Waals surface area contributed by atoms with Crippen molar-refractivity contribution in [1.29, 1.82) is 0 Å². The van der Waals surface area contributed by atoms with Crippen molar-refractivity contribution in [2.75, 3.05) is 18.0 Å². The summed E-state index contributed by atoms with van der Waals surface area (Å²) in [4.78, 5) is 67.5. The zero-order valence-electron chi connectivity index (χ0n) is 30.9. The molecule has 3 amide bonds. The van der Waals surface area contributed by atoms with Gasteiger partial charge in [-0.25, -0.2) is 19.6 Å². The van der Waals surface area contributed by atoms with Crippen molar-refractivity contribution in [3.63, 3.8) is 0 Å². The summed E-state index contributed by atoms with van der Waals surface area (Å²) in [6.07, 6.45) is 6.11. The van der Waals surface area contributed by atoms with Crippen LogP contribution in [-0.4, -0.2) is 86.3 Å². The minimum atomic E-state index is -1.45. The molecule has 3 aliphatic rings. The normalized spacial score (nSPS) is 25.5. The molecule has 53 heavy (non-hydrogen) atoms. The van der Waals surface area contributed by atoms with E-state index in [1.165, 1.54) is 4.90 Å². The Kier molecular flexibility index (Phi) is 11.2. The van der Waals surface area contributed by atoms with Gasteiger partial charge in [0.25, 0.3) is 5.88 Å². The number of carboxylic acids is 1. The summed E-state index contributed by atoms with van der Waals surface area (Å²) in [5.41, 5.74) is 0.158. The molecular formula is C40H50N6O7. The fourth-order valence-corrected chi connectivity index (χ4v) is 7.15. The van der Waals surface area contributed by atoms with Crippen LogP contribution in [0.25, 0.3) is 11.0 Å². The van der Waals surface area contributed by atoms with Crippen LogP contribution >= 0.6 is 0 Å². The number of aliphatic carboxylic acids is 1. The quantitative estimate of drug-likeness (QED) is 0.257. The smallest absolute Gasteiger partial charge is 0.408 e. The Morgan fingerprint density at radius 1 is 1.04 bits per heavy atom. The number of nitrogens with one attached hydrogen (secondary N) is 2. The van der Waals surface area contributed by atoms with E-state index in [2.05, 4.69) is 15.5 Å². The molecule has 3 heterocycles. The number of nitrogens with zero attached hydrogens (tertiary/aromatic N) is 4. The Morgan fingerprint density at radius 3 is 2.45 bits per heavy atom. The van der Waals surface area contributed by atoms with Gasteiger partial charge in [0.2, 0.25) is 11.8 Å². The maximum absolute atomic E-state index is 14.5. The SMILES string of the molecule is CCN(Cc1ccccc1)c1nc2ccccc2nc1O[C@@H]1CC2C(=O)NC3(C(=O)O)CC3/C=C\CCCCC[C@H](NC(=O)OC(C)(C)C)C(=O)N2C1. The molecule has 3 aromatic rings. The third-order valence-corrected chi connectivity index (χ3v) is 10.0. The van der Waals surface area contributed by atoms with Crippen LogP contribution in [0.15, 0.2) is 66.7 Å². The summed E-state index contributed by atoms with van der Waals surface area (Å²) in [6.45, 7) is 8.41. The van der Waals surface area contributed by atoms with E-state index in [0.29, 0.717) is 42.8 Å². The number of allylic oxidation sites excluding steroid dienone is 1. The summed E-state index contributed by atoms with van der Waals surface area (Å²) < 4.78 is 12.1. The van der Waals surface area contributed by atoms with Gasteiger partial charge < -0.3 is 35.0 Å². The maximum atomic E-state index is 14.5. The molecule has 2 aliphatic heterocycles. The summed E-state index contributed by atoms with van der Waals surface area (Å²) >= 11 is 0. The average Bonchev–Trinajstić information content (AvgIpc) is 3.65. The molecule has 2 aromatic carbocycles. The summed E-state index contributed by atoms with van der Waals surface area (Å²) in [5.74, 6) is -1.73. The molecule has 1 aliphatic carbocycles. The largest absolute Gasteiger partial charge is 0.479 e. The Morgan fingerprint density at radius 2 is 1.75 bits per heavy atom. The molecule has 0 radical (unpaired) electrons. The lowest BCUT2D eigenvalue weighted by atomic mass is 10.0. The number of ether oxygens (including phenoxy) is 2. The molecule has 2 fully saturated rings. The van der Waals surface area contributed by atoms with Crippen molar-refractivity contribution in [3.05, 3.63) is 72.3 Å². The molecule has 1 saturated heterocycles. The number of alkyl carbamates (subject to hydrolysis) is 1. The molecule has 3 N–H and O–H groups in total. The summed E-state index contributed by atoms with van der Waals surface area (Å²) in [7, 11) is 0. The predicted octanol–water partition coefficient (Wildman–Crippen LogP) is 5.38. The number of carbonyl (C=O) groups excluding carboxylic acids is 3. The van der Waals surface area contributed by atoms with E-state index in [-0.39, 0.29) is 31.2 Å². The number of hydrogen-bond acceptors (Lipinski definition) is 9. The highest BCUT2D eigenvalue weighted by atomic mass is 16.6. The topological polar surface area (TPSA) is 163 Å². The first-order valence-electron chi connectivity index (χ1n) is 18.6. The van der Waals surface area contributed by atoms with Crippen molar-refractivity contribution < 1.29 is 33.8 Å². The van der Waals surface area contributed by atoms with Gasteiger partial charge in [0.05, 0.1) is 17.6 Å². The second-order valence-corrected chi connectivity index (χ2v) is 15.2. The van der Waals surface area contributed by atoms with Gasteiger partial charge in [0.1, 0.15) is 29.3 Å². The summed E-state index contributed by atoms with van der Waals surface area (Å²) in [5, 5.41) is 15.8. The minimum Gasteiger partial charge on any atom is -0.479 e. The number of carboxylic acid groups (broad SMARTS) is 1. The first-order valence-corrected chi connectivity index (χ1v) is 18.6. The van der Waals surface area contributed by atoms with E-state index in [4.69, 9.17) is 19.4 Å². The van der Waals surface area contributed by atoms with Gasteiger partial charge in [-0.1, -0.05) is 67.5 Å². The zero-order valence-corrected chi connectivity index (χ0v) is 30.9. The number of benzene rings is 2. The van der Waals surface area contributed by atoms with E-state index in [1.54, 1.807) is 20.8 Å². The molecule has 13 nitrogen and oxygen atoms in total. The lowest BCUT2D eigenvalue weighted by molar-refractivity contribution is -0.145. The van der Waals surface area contributed by atoms with Crippen LogP contribution in [0.4, 0.5) is 10.6 Å². The Balaban J connectivity index is 1.33. The van der Waals surface area contributed by atoms with E-state index in [1.807, 2.05) is 73.7 Å². The van der Waals surface area contributed by atoms with Crippen LogP contribution in [0, 0.1) is 5.92 Å². The number of aromatic nitrogens is 2. The Hall–Kier alpha value is -5.20.